The summed E-state index contributed by atoms with van der Waals surface area (Å²) in [6, 6.07) is 4.14. The normalized spacial score (nSPS) is 32.0. The number of rotatable bonds is 6. The summed E-state index contributed by atoms with van der Waals surface area (Å²) in [5.74, 6) is 2.95. The van der Waals surface area contributed by atoms with Crippen LogP contribution in [0.4, 0.5) is 11.4 Å². The second-order valence-electron chi connectivity index (χ2n) is 8.62. The maximum atomic E-state index is 12.3. The topological polar surface area (TPSA) is 101 Å². The molecule has 27 heavy (non-hydrogen) atoms. The van der Waals surface area contributed by atoms with Crippen LogP contribution in [-0.4, -0.2) is 25.4 Å². The summed E-state index contributed by atoms with van der Waals surface area (Å²) in [6.07, 6.45) is 6.23. The first-order chi connectivity index (χ1) is 12.8. The summed E-state index contributed by atoms with van der Waals surface area (Å²) in [4.78, 5) is 11.0. The van der Waals surface area contributed by atoms with Crippen molar-refractivity contribution in [2.24, 2.45) is 23.7 Å². The van der Waals surface area contributed by atoms with E-state index in [0.29, 0.717) is 11.6 Å². The Morgan fingerprint density at radius 2 is 1.89 bits per heavy atom. The van der Waals surface area contributed by atoms with E-state index < -0.39 is 14.9 Å². The standard InChI is InChI=1S/C19H27N3O4S/c1-11(2)21-27(25,26)13-6-7-17(19(10-13)22(23)24)20-18-9-12-8-16(18)15-5-3-4-14(12)15/h6-7,10-12,14-16,18,20-21H,3-5,8-9H2,1-2H3/t12-,14+,15+,16+,18-/m1/s1. The van der Waals surface area contributed by atoms with E-state index in [4.69, 9.17) is 0 Å². The molecule has 0 saturated heterocycles. The second-order valence-corrected chi connectivity index (χ2v) is 10.3. The third kappa shape index (κ3) is 3.33. The fraction of sp³-hybridized carbons (Fsp3) is 0.684. The number of hydrogen-bond donors (Lipinski definition) is 2. The Hall–Kier alpha value is -1.67. The van der Waals surface area contributed by atoms with Gasteiger partial charge in [0, 0.05) is 18.2 Å². The average molecular weight is 394 g/mol. The molecule has 3 aliphatic rings. The Kier molecular flexibility index (Phi) is 4.66. The van der Waals surface area contributed by atoms with Crippen LogP contribution >= 0.6 is 0 Å². The third-order valence-corrected chi connectivity index (χ3v) is 8.29. The van der Waals surface area contributed by atoms with Crippen molar-refractivity contribution in [2.45, 2.75) is 62.9 Å². The summed E-state index contributed by atoms with van der Waals surface area (Å²) >= 11 is 0. The molecule has 8 heteroatoms. The number of anilines is 1. The van der Waals surface area contributed by atoms with Crippen LogP contribution < -0.4 is 10.0 Å². The molecule has 5 atom stereocenters. The monoisotopic (exact) mass is 393 g/mol. The molecular formula is C19H27N3O4S. The summed E-state index contributed by atoms with van der Waals surface area (Å²) in [6.45, 7) is 3.43. The predicted molar refractivity (Wildman–Crippen MR) is 103 cm³/mol. The van der Waals surface area contributed by atoms with Crippen LogP contribution in [0.2, 0.25) is 0 Å². The van der Waals surface area contributed by atoms with Gasteiger partial charge in [0.15, 0.2) is 0 Å². The fourth-order valence-corrected chi connectivity index (χ4v) is 7.03. The van der Waals surface area contributed by atoms with E-state index in [1.54, 1.807) is 19.9 Å². The molecule has 0 unspecified atom stereocenters. The highest BCUT2D eigenvalue weighted by Gasteiger charge is 2.53. The lowest BCUT2D eigenvalue weighted by molar-refractivity contribution is -0.384. The van der Waals surface area contributed by atoms with Crippen molar-refractivity contribution >= 4 is 21.4 Å². The van der Waals surface area contributed by atoms with E-state index in [2.05, 4.69) is 10.0 Å². The van der Waals surface area contributed by atoms with Gasteiger partial charge in [-0.25, -0.2) is 13.1 Å². The van der Waals surface area contributed by atoms with E-state index in [1.165, 1.54) is 37.8 Å². The molecule has 2 N–H and O–H groups in total. The predicted octanol–water partition coefficient (Wildman–Crippen LogP) is 3.52. The molecule has 0 spiro atoms. The van der Waals surface area contributed by atoms with Gasteiger partial charge in [-0.3, -0.25) is 10.1 Å². The Morgan fingerprint density at radius 3 is 2.59 bits per heavy atom. The number of fused-ring (bicyclic) bond motifs is 5. The Balaban J connectivity index is 1.58. The molecule has 4 rings (SSSR count). The number of nitro groups is 1. The molecule has 7 nitrogen and oxygen atoms in total. The van der Waals surface area contributed by atoms with E-state index >= 15 is 0 Å². The van der Waals surface area contributed by atoms with Gasteiger partial charge in [-0.1, -0.05) is 6.42 Å². The molecule has 0 aromatic heterocycles. The lowest BCUT2D eigenvalue weighted by Gasteiger charge is -2.32. The van der Waals surface area contributed by atoms with Crippen LogP contribution in [0.1, 0.15) is 46.0 Å². The molecule has 1 aromatic carbocycles. The summed E-state index contributed by atoms with van der Waals surface area (Å²) in [5, 5.41) is 15.0. The van der Waals surface area contributed by atoms with Crippen LogP contribution in [0, 0.1) is 33.8 Å². The fourth-order valence-electron chi connectivity index (χ4n) is 5.76. The summed E-state index contributed by atoms with van der Waals surface area (Å²) < 4.78 is 27.2. The van der Waals surface area contributed by atoms with Crippen molar-refractivity contribution in [3.63, 3.8) is 0 Å². The maximum Gasteiger partial charge on any atom is 0.293 e. The Morgan fingerprint density at radius 1 is 1.15 bits per heavy atom. The van der Waals surface area contributed by atoms with Crippen molar-refractivity contribution in [2.75, 3.05) is 5.32 Å². The number of benzene rings is 1. The average Bonchev–Trinajstić information content (AvgIpc) is 3.26. The molecule has 1 aromatic rings. The highest BCUT2D eigenvalue weighted by Crippen LogP contribution is 2.59. The smallest absolute Gasteiger partial charge is 0.293 e. The van der Waals surface area contributed by atoms with Crippen molar-refractivity contribution < 1.29 is 13.3 Å². The van der Waals surface area contributed by atoms with Gasteiger partial charge in [-0.2, -0.15) is 0 Å². The molecule has 0 radical (unpaired) electrons. The minimum atomic E-state index is -3.76. The van der Waals surface area contributed by atoms with Gasteiger partial charge in [0.05, 0.1) is 9.82 Å². The lowest BCUT2D eigenvalue weighted by Crippen LogP contribution is -2.34. The van der Waals surface area contributed by atoms with Gasteiger partial charge >= 0.3 is 0 Å². The molecule has 0 heterocycles. The summed E-state index contributed by atoms with van der Waals surface area (Å²) in [5.41, 5.74) is 0.253. The molecule has 2 bridgehead atoms. The molecule has 3 fully saturated rings. The number of hydrogen-bond acceptors (Lipinski definition) is 5. The van der Waals surface area contributed by atoms with Gasteiger partial charge in [-0.15, -0.1) is 0 Å². The van der Waals surface area contributed by atoms with Gasteiger partial charge in [0.1, 0.15) is 5.69 Å². The van der Waals surface area contributed by atoms with E-state index in [9.17, 15) is 18.5 Å². The third-order valence-electron chi connectivity index (χ3n) is 6.64. The van der Waals surface area contributed by atoms with Crippen LogP contribution in [0.3, 0.4) is 0 Å². The lowest BCUT2D eigenvalue weighted by atomic mass is 9.79. The Labute approximate surface area is 160 Å². The van der Waals surface area contributed by atoms with E-state index in [0.717, 1.165) is 24.2 Å². The van der Waals surface area contributed by atoms with E-state index in [-0.39, 0.29) is 22.7 Å². The highest BCUT2D eigenvalue weighted by molar-refractivity contribution is 7.89. The molecule has 3 aliphatic carbocycles. The van der Waals surface area contributed by atoms with Gasteiger partial charge in [-0.05, 0) is 75.3 Å². The van der Waals surface area contributed by atoms with Gasteiger partial charge < -0.3 is 5.32 Å². The first-order valence-electron chi connectivity index (χ1n) is 9.83. The van der Waals surface area contributed by atoms with E-state index in [1.807, 2.05) is 0 Å². The van der Waals surface area contributed by atoms with Crippen molar-refractivity contribution in [3.8, 4) is 0 Å². The molecular weight excluding hydrogens is 366 g/mol. The molecule has 148 valence electrons. The number of sulfonamides is 1. The largest absolute Gasteiger partial charge is 0.376 e. The van der Waals surface area contributed by atoms with Crippen molar-refractivity contribution in [3.05, 3.63) is 28.3 Å². The summed E-state index contributed by atoms with van der Waals surface area (Å²) in [7, 11) is -3.76. The number of nitro benzene ring substituents is 1. The van der Waals surface area contributed by atoms with Crippen LogP contribution in [-0.2, 0) is 10.0 Å². The number of nitrogens with one attached hydrogen (secondary N) is 2. The molecule has 0 aliphatic heterocycles. The first-order valence-corrected chi connectivity index (χ1v) is 11.3. The maximum absolute atomic E-state index is 12.3. The van der Waals surface area contributed by atoms with Crippen molar-refractivity contribution in [1.29, 1.82) is 0 Å². The first kappa shape index (κ1) is 18.7. The molecule has 3 saturated carbocycles. The zero-order valence-corrected chi connectivity index (χ0v) is 16.5. The molecule has 0 amide bonds. The van der Waals surface area contributed by atoms with Gasteiger partial charge in [0.2, 0.25) is 10.0 Å². The van der Waals surface area contributed by atoms with Gasteiger partial charge in [0.25, 0.3) is 5.69 Å². The number of nitrogens with zero attached hydrogens (tertiary/aromatic N) is 1. The van der Waals surface area contributed by atoms with Crippen LogP contribution in [0.15, 0.2) is 23.1 Å². The minimum absolute atomic E-state index is 0.0720. The second kappa shape index (κ2) is 6.74. The highest BCUT2D eigenvalue weighted by atomic mass is 32.2. The minimum Gasteiger partial charge on any atom is -0.376 e. The Bertz CT molecular complexity index is 855. The SMILES string of the molecule is CC(C)NS(=O)(=O)c1ccc(N[C@@H]2C[C@H]3C[C@H]2[C@H]2CCC[C@@H]32)c([N+](=O)[O-])c1. The van der Waals surface area contributed by atoms with Crippen molar-refractivity contribution in [1.82, 2.24) is 4.72 Å². The quantitative estimate of drug-likeness (QED) is 0.569. The zero-order valence-electron chi connectivity index (χ0n) is 15.7. The van der Waals surface area contributed by atoms with Crippen LogP contribution in [0.25, 0.3) is 0 Å². The zero-order chi connectivity index (χ0) is 19.3. The van der Waals surface area contributed by atoms with Crippen LogP contribution in [0.5, 0.6) is 0 Å².